The Morgan fingerprint density at radius 1 is 1.67 bits per heavy atom. The van der Waals surface area contributed by atoms with Crippen LogP contribution in [0.2, 0.25) is 3.21 Å². The molecule has 0 unspecified atom stereocenters. The summed E-state index contributed by atoms with van der Waals surface area (Å²) in [5, 5.41) is 8.12. The molecule has 0 rings (SSSR count). The van der Waals surface area contributed by atoms with E-state index in [-0.39, 0.29) is 3.21 Å². The molecule has 0 saturated heterocycles. The van der Waals surface area contributed by atoms with Crippen molar-refractivity contribution in [1.82, 2.24) is 0 Å². The minimum absolute atomic E-state index is 0.278. The van der Waals surface area contributed by atoms with Crippen LogP contribution in [-0.2, 0) is 0 Å². The van der Waals surface area contributed by atoms with Gasteiger partial charge in [0.15, 0.2) is 0 Å². The number of rotatable bonds is 0. The Labute approximate surface area is 53.7 Å². The molecule has 0 atom stereocenters. The molecule has 34 valence electrons. The van der Waals surface area contributed by atoms with E-state index in [1.165, 1.54) is 0 Å². The first kappa shape index (κ1) is 6.53. The van der Waals surface area contributed by atoms with Gasteiger partial charge < -0.3 is 0 Å². The fourth-order valence-corrected chi connectivity index (χ4v) is 0. The third kappa shape index (κ3) is 4.53. The van der Waals surface area contributed by atoms with E-state index in [9.17, 15) is 0 Å². The van der Waals surface area contributed by atoms with Gasteiger partial charge >= 0.3 is 53.5 Å². The maximum atomic E-state index is 8.12. The van der Waals surface area contributed by atoms with Crippen molar-refractivity contribution >= 4 is 32.0 Å². The number of nitrogens with zero attached hydrogens (tertiary/aromatic N) is 1. The van der Waals surface area contributed by atoms with E-state index in [4.69, 9.17) is 5.26 Å². The van der Waals surface area contributed by atoms with Crippen molar-refractivity contribution in [3.63, 3.8) is 0 Å². The van der Waals surface area contributed by atoms with Gasteiger partial charge in [-0.1, -0.05) is 0 Å². The van der Waals surface area contributed by atoms with Crippen LogP contribution in [-0.4, -0.2) is 32.0 Å². The molecular weight excluding hydrogens is 208 g/mol. The minimum atomic E-state index is -0.278. The molecule has 3 heteroatoms. The predicted octanol–water partition coefficient (Wildman–Crippen LogP) is -0.552. The third-order valence-electron chi connectivity index (χ3n) is 0.212. The molecule has 0 heterocycles. The standard InChI is InChI=1S/C3H5NSe2/c1-3(5,6)2-4/h5-6H,1H3. The van der Waals surface area contributed by atoms with Gasteiger partial charge in [0.2, 0.25) is 0 Å². The average molecular weight is 213 g/mol. The quantitative estimate of drug-likeness (QED) is 0.495. The summed E-state index contributed by atoms with van der Waals surface area (Å²) in [5.41, 5.74) is 0. The van der Waals surface area contributed by atoms with Crippen LogP contribution in [0, 0.1) is 11.3 Å². The van der Waals surface area contributed by atoms with Crippen LogP contribution >= 0.6 is 0 Å². The van der Waals surface area contributed by atoms with E-state index in [0.717, 1.165) is 0 Å². The molecule has 0 fully saturated rings. The van der Waals surface area contributed by atoms with E-state index in [0.29, 0.717) is 0 Å². The molecule has 0 aliphatic rings. The van der Waals surface area contributed by atoms with E-state index in [2.05, 4.69) is 32.0 Å². The Morgan fingerprint density at radius 3 is 1.83 bits per heavy atom. The molecule has 0 saturated carbocycles. The van der Waals surface area contributed by atoms with Crippen molar-refractivity contribution in [2.45, 2.75) is 10.1 Å². The molecule has 0 radical (unpaired) electrons. The summed E-state index contributed by atoms with van der Waals surface area (Å²) in [4.78, 5) is 0. The van der Waals surface area contributed by atoms with Crippen LogP contribution in [0.4, 0.5) is 0 Å². The molecule has 0 aromatic carbocycles. The molecule has 0 spiro atoms. The van der Waals surface area contributed by atoms with E-state index < -0.39 is 0 Å². The number of hydrogen-bond donors (Lipinski definition) is 0. The van der Waals surface area contributed by atoms with Crippen LogP contribution in [0.15, 0.2) is 0 Å². The van der Waals surface area contributed by atoms with Gasteiger partial charge in [0.25, 0.3) is 0 Å². The summed E-state index contributed by atoms with van der Waals surface area (Å²) in [6.45, 7) is 1.83. The van der Waals surface area contributed by atoms with Gasteiger partial charge in [-0.25, -0.2) is 0 Å². The van der Waals surface area contributed by atoms with Crippen LogP contribution in [0.5, 0.6) is 0 Å². The first-order valence-corrected chi connectivity index (χ1v) is 3.30. The van der Waals surface area contributed by atoms with Gasteiger partial charge in [0, 0.05) is 0 Å². The summed E-state index contributed by atoms with van der Waals surface area (Å²) in [5.74, 6) is 0. The van der Waals surface area contributed by atoms with Crippen LogP contribution in [0.25, 0.3) is 0 Å². The molecule has 0 amide bonds. The maximum absolute atomic E-state index is 8.12. The predicted molar refractivity (Wildman–Crippen MR) is 28.3 cm³/mol. The van der Waals surface area contributed by atoms with Crippen molar-refractivity contribution in [3.05, 3.63) is 0 Å². The van der Waals surface area contributed by atoms with E-state index in [1.54, 1.807) is 0 Å². The fraction of sp³-hybridized carbons (Fsp3) is 0.667. The zero-order valence-corrected chi connectivity index (χ0v) is 7.09. The number of hydrogen-bond acceptors (Lipinski definition) is 1. The van der Waals surface area contributed by atoms with Crippen molar-refractivity contribution in [3.8, 4) is 6.07 Å². The van der Waals surface area contributed by atoms with Gasteiger partial charge in [-0.15, -0.1) is 0 Å². The van der Waals surface area contributed by atoms with E-state index in [1.807, 2.05) is 13.0 Å². The summed E-state index contributed by atoms with van der Waals surface area (Å²) in [7, 11) is 0. The topological polar surface area (TPSA) is 23.8 Å². The SMILES string of the molecule is CC([SeH])([SeH])C#N. The first-order valence-electron chi connectivity index (χ1n) is 1.42. The zero-order valence-electron chi connectivity index (χ0n) is 3.34. The summed E-state index contributed by atoms with van der Waals surface area (Å²) in [6, 6.07) is 2.05. The number of nitriles is 1. The van der Waals surface area contributed by atoms with Crippen molar-refractivity contribution < 1.29 is 0 Å². The average Bonchev–Trinajstić information content (AvgIpc) is 1.35. The van der Waals surface area contributed by atoms with Gasteiger partial charge in [0.05, 0.1) is 0 Å². The van der Waals surface area contributed by atoms with Crippen LogP contribution < -0.4 is 0 Å². The third-order valence-corrected chi connectivity index (χ3v) is 0.631. The Hall–Kier alpha value is 0.529. The summed E-state index contributed by atoms with van der Waals surface area (Å²) >= 11 is 4.53. The summed E-state index contributed by atoms with van der Waals surface area (Å²) < 4.78 is -0.278. The van der Waals surface area contributed by atoms with Crippen LogP contribution in [0.1, 0.15) is 6.92 Å². The van der Waals surface area contributed by atoms with Gasteiger partial charge in [-0.3, -0.25) is 0 Å². The molecule has 0 aromatic rings. The van der Waals surface area contributed by atoms with Crippen LogP contribution in [0.3, 0.4) is 0 Å². The molecule has 6 heavy (non-hydrogen) atoms. The van der Waals surface area contributed by atoms with Crippen molar-refractivity contribution in [1.29, 1.82) is 5.26 Å². The Bertz CT molecular complexity index is 75.8. The summed E-state index contributed by atoms with van der Waals surface area (Å²) in [6.07, 6.45) is 0. The fourth-order valence-electron chi connectivity index (χ4n) is 0. The molecule has 0 aliphatic heterocycles. The Morgan fingerprint density at radius 2 is 1.83 bits per heavy atom. The monoisotopic (exact) mass is 215 g/mol. The molecule has 0 aromatic heterocycles. The Kier molecular flexibility index (Phi) is 2.18. The normalized spacial score (nSPS) is 10.3. The second-order valence-electron chi connectivity index (χ2n) is 1.13. The van der Waals surface area contributed by atoms with Crippen molar-refractivity contribution in [2.75, 3.05) is 0 Å². The first-order chi connectivity index (χ1) is 2.56. The zero-order chi connectivity index (χ0) is 5.21. The molecule has 0 aliphatic carbocycles. The second kappa shape index (κ2) is 2.00. The molecule has 0 N–H and O–H groups in total. The van der Waals surface area contributed by atoms with Gasteiger partial charge in [-0.05, 0) is 0 Å². The van der Waals surface area contributed by atoms with E-state index >= 15 is 0 Å². The molecular formula is C3H5NSe2. The Balaban J connectivity index is 3.55. The van der Waals surface area contributed by atoms with Gasteiger partial charge in [0.1, 0.15) is 0 Å². The van der Waals surface area contributed by atoms with Crippen molar-refractivity contribution in [2.24, 2.45) is 0 Å². The molecule has 1 nitrogen and oxygen atoms in total. The van der Waals surface area contributed by atoms with Gasteiger partial charge in [-0.2, -0.15) is 0 Å². The molecule has 0 bridgehead atoms. The second-order valence-corrected chi connectivity index (χ2v) is 6.55.